The molecule has 1 heterocycles. The first-order valence-corrected chi connectivity index (χ1v) is 8.89. The fourth-order valence-corrected chi connectivity index (χ4v) is 3.79. The first kappa shape index (κ1) is 17.8. The van der Waals surface area contributed by atoms with Gasteiger partial charge in [0.2, 0.25) is 15.9 Å². The van der Waals surface area contributed by atoms with Crippen LogP contribution in [0.2, 0.25) is 0 Å². The summed E-state index contributed by atoms with van der Waals surface area (Å²) in [7, 11) is -3.88. The minimum absolute atomic E-state index is 0.0812. The molecule has 1 aromatic rings. The quantitative estimate of drug-likeness (QED) is 0.888. The summed E-state index contributed by atoms with van der Waals surface area (Å²) in [6.07, 6.45) is -0.188. The lowest BCUT2D eigenvalue weighted by atomic mass is 10.2. The van der Waals surface area contributed by atoms with Crippen molar-refractivity contribution in [3.63, 3.8) is 0 Å². The molecule has 3 atom stereocenters. The molecule has 8 heteroatoms. The molecule has 0 aliphatic carbocycles. The van der Waals surface area contributed by atoms with E-state index in [9.17, 15) is 17.6 Å². The Balaban J connectivity index is 2.06. The van der Waals surface area contributed by atoms with Crippen LogP contribution in [-0.4, -0.2) is 50.6 Å². The van der Waals surface area contributed by atoms with Crippen molar-refractivity contribution in [1.82, 2.24) is 9.62 Å². The van der Waals surface area contributed by atoms with Crippen molar-refractivity contribution < 1.29 is 22.3 Å². The summed E-state index contributed by atoms with van der Waals surface area (Å²) in [6, 6.07) is 3.53. The highest BCUT2D eigenvalue weighted by atomic mass is 32.2. The van der Waals surface area contributed by atoms with Gasteiger partial charge in [0.15, 0.2) is 0 Å². The molecule has 0 radical (unpaired) electrons. The lowest BCUT2D eigenvalue weighted by molar-refractivity contribution is -0.144. The maximum atomic E-state index is 12.9. The van der Waals surface area contributed by atoms with E-state index in [1.807, 2.05) is 13.8 Å². The first-order chi connectivity index (χ1) is 10.7. The second-order valence-electron chi connectivity index (χ2n) is 5.80. The van der Waals surface area contributed by atoms with Gasteiger partial charge in [-0.2, -0.15) is 4.72 Å². The molecule has 1 fully saturated rings. The molecule has 1 aliphatic rings. The van der Waals surface area contributed by atoms with Crippen LogP contribution in [0.15, 0.2) is 29.2 Å². The molecule has 0 bridgehead atoms. The number of nitrogens with one attached hydrogen (secondary N) is 1. The zero-order valence-electron chi connectivity index (χ0n) is 13.3. The molecule has 128 valence electrons. The van der Waals surface area contributed by atoms with E-state index in [-0.39, 0.29) is 23.0 Å². The number of halogens is 1. The number of hydrogen-bond donors (Lipinski definition) is 1. The third kappa shape index (κ3) is 4.49. The fourth-order valence-electron chi connectivity index (χ4n) is 2.60. The summed E-state index contributed by atoms with van der Waals surface area (Å²) < 4.78 is 45.3. The smallest absolute Gasteiger partial charge is 0.241 e. The Bertz CT molecular complexity index is 653. The molecule has 0 saturated carbocycles. The Labute approximate surface area is 135 Å². The van der Waals surface area contributed by atoms with E-state index in [1.165, 1.54) is 6.92 Å². The van der Waals surface area contributed by atoms with E-state index in [0.717, 1.165) is 24.3 Å². The van der Waals surface area contributed by atoms with Gasteiger partial charge in [0.25, 0.3) is 0 Å². The van der Waals surface area contributed by atoms with Gasteiger partial charge in [0.05, 0.1) is 23.1 Å². The van der Waals surface area contributed by atoms with Crippen molar-refractivity contribution in [3.8, 4) is 0 Å². The molecule has 1 aromatic carbocycles. The number of carbonyl (C=O) groups is 1. The van der Waals surface area contributed by atoms with Gasteiger partial charge in [-0.25, -0.2) is 12.8 Å². The van der Waals surface area contributed by atoms with E-state index in [2.05, 4.69) is 4.72 Å². The van der Waals surface area contributed by atoms with Gasteiger partial charge < -0.3 is 9.64 Å². The Morgan fingerprint density at radius 1 is 1.26 bits per heavy atom. The first-order valence-electron chi connectivity index (χ1n) is 7.41. The Kier molecular flexibility index (Phi) is 5.38. The van der Waals surface area contributed by atoms with Gasteiger partial charge in [-0.3, -0.25) is 4.79 Å². The van der Waals surface area contributed by atoms with Crippen LogP contribution in [0, 0.1) is 5.82 Å². The van der Waals surface area contributed by atoms with Gasteiger partial charge in [-0.1, -0.05) is 0 Å². The van der Waals surface area contributed by atoms with E-state index >= 15 is 0 Å². The number of morpholine rings is 1. The van der Waals surface area contributed by atoms with Crippen LogP contribution < -0.4 is 4.72 Å². The maximum Gasteiger partial charge on any atom is 0.241 e. The normalized spacial score (nSPS) is 23.6. The van der Waals surface area contributed by atoms with Crippen LogP contribution in [0.4, 0.5) is 4.39 Å². The molecular formula is C15H21FN2O4S. The lowest BCUT2D eigenvalue weighted by Gasteiger charge is -2.36. The van der Waals surface area contributed by atoms with Gasteiger partial charge in [-0.15, -0.1) is 0 Å². The number of rotatable bonds is 4. The Hall–Kier alpha value is -1.51. The monoisotopic (exact) mass is 344 g/mol. The van der Waals surface area contributed by atoms with Crippen LogP contribution in [0.5, 0.6) is 0 Å². The van der Waals surface area contributed by atoms with Crippen LogP contribution in [0.3, 0.4) is 0 Å². The number of amides is 1. The average Bonchev–Trinajstić information content (AvgIpc) is 2.45. The minimum atomic E-state index is -3.88. The van der Waals surface area contributed by atoms with Gasteiger partial charge >= 0.3 is 0 Å². The van der Waals surface area contributed by atoms with E-state index in [0.29, 0.717) is 13.1 Å². The minimum Gasteiger partial charge on any atom is -0.372 e. The van der Waals surface area contributed by atoms with Gasteiger partial charge in [0, 0.05) is 13.1 Å². The highest BCUT2D eigenvalue weighted by Gasteiger charge is 2.30. The molecule has 23 heavy (non-hydrogen) atoms. The zero-order valence-corrected chi connectivity index (χ0v) is 14.1. The molecule has 1 amide bonds. The largest absolute Gasteiger partial charge is 0.372 e. The average molecular weight is 344 g/mol. The molecule has 2 rings (SSSR count). The van der Waals surface area contributed by atoms with Crippen molar-refractivity contribution >= 4 is 15.9 Å². The topological polar surface area (TPSA) is 75.7 Å². The number of ether oxygens (including phenoxy) is 1. The number of sulfonamides is 1. The van der Waals surface area contributed by atoms with Crippen LogP contribution in [0.25, 0.3) is 0 Å². The Morgan fingerprint density at radius 3 is 2.30 bits per heavy atom. The number of carbonyl (C=O) groups excluding carboxylic acids is 1. The fraction of sp³-hybridized carbons (Fsp3) is 0.533. The molecule has 0 spiro atoms. The molecule has 0 unspecified atom stereocenters. The number of hydrogen-bond acceptors (Lipinski definition) is 4. The molecule has 1 saturated heterocycles. The SMILES string of the molecule is C[C@@H]1CN(C(=O)[C@@H](C)NS(=O)(=O)c2ccc(F)cc2)C[C@H](C)O1. The summed E-state index contributed by atoms with van der Waals surface area (Å²) in [6.45, 7) is 6.07. The summed E-state index contributed by atoms with van der Waals surface area (Å²) in [5.41, 5.74) is 0. The second-order valence-corrected chi connectivity index (χ2v) is 7.51. The van der Waals surface area contributed by atoms with Crippen LogP contribution in [0.1, 0.15) is 20.8 Å². The van der Waals surface area contributed by atoms with Gasteiger partial charge in [0.1, 0.15) is 5.82 Å². The molecule has 0 aromatic heterocycles. The number of nitrogens with zero attached hydrogens (tertiary/aromatic N) is 1. The third-order valence-electron chi connectivity index (χ3n) is 3.56. The van der Waals surface area contributed by atoms with Crippen molar-refractivity contribution in [1.29, 1.82) is 0 Å². The van der Waals surface area contributed by atoms with E-state index in [4.69, 9.17) is 4.74 Å². The highest BCUT2D eigenvalue weighted by molar-refractivity contribution is 7.89. The summed E-state index contributed by atoms with van der Waals surface area (Å²) >= 11 is 0. The van der Waals surface area contributed by atoms with Crippen molar-refractivity contribution in [2.24, 2.45) is 0 Å². The summed E-state index contributed by atoms with van der Waals surface area (Å²) in [5.74, 6) is -0.831. The van der Waals surface area contributed by atoms with E-state index < -0.39 is 21.9 Å². The highest BCUT2D eigenvalue weighted by Crippen LogP contribution is 2.14. The van der Waals surface area contributed by atoms with Crippen LogP contribution in [-0.2, 0) is 19.6 Å². The molecular weight excluding hydrogens is 323 g/mol. The predicted octanol–water partition coefficient (Wildman–Crippen LogP) is 1.13. The maximum absolute atomic E-state index is 12.9. The zero-order chi connectivity index (χ0) is 17.2. The molecule has 1 N–H and O–H groups in total. The second kappa shape index (κ2) is 6.94. The predicted molar refractivity (Wildman–Crippen MR) is 82.8 cm³/mol. The van der Waals surface area contributed by atoms with Crippen molar-refractivity contribution in [2.75, 3.05) is 13.1 Å². The standard InChI is InChI=1S/C15H21FN2O4S/c1-10-8-18(9-11(2)22-10)15(19)12(3)17-23(20,21)14-6-4-13(16)5-7-14/h4-7,10-12,17H,8-9H2,1-3H3/t10-,11+,12-/m1/s1. The van der Waals surface area contributed by atoms with Crippen LogP contribution >= 0.6 is 0 Å². The van der Waals surface area contributed by atoms with Crippen molar-refractivity contribution in [3.05, 3.63) is 30.1 Å². The third-order valence-corrected chi connectivity index (χ3v) is 5.11. The van der Waals surface area contributed by atoms with Crippen molar-refractivity contribution in [2.45, 2.75) is 43.9 Å². The summed E-state index contributed by atoms with van der Waals surface area (Å²) in [4.78, 5) is 13.9. The lowest BCUT2D eigenvalue weighted by Crippen LogP contribution is -2.54. The molecule has 1 aliphatic heterocycles. The van der Waals surface area contributed by atoms with E-state index in [1.54, 1.807) is 4.90 Å². The summed E-state index contributed by atoms with van der Waals surface area (Å²) in [5, 5.41) is 0. The Morgan fingerprint density at radius 2 is 1.78 bits per heavy atom. The van der Waals surface area contributed by atoms with Gasteiger partial charge in [-0.05, 0) is 45.0 Å². The number of benzene rings is 1. The molecule has 6 nitrogen and oxygen atoms in total.